The summed E-state index contributed by atoms with van der Waals surface area (Å²) < 4.78 is 0. The van der Waals surface area contributed by atoms with E-state index in [1.54, 1.807) is 0 Å². The maximum absolute atomic E-state index is 10.4. The topological polar surface area (TPSA) is 58.9 Å². The fraction of sp³-hybridized carbons (Fsp3) is 0.400. The number of carbonyl (C=O) groups is 1. The number of Topliss-reactive ketones (excluding diaryl/α,β-unsaturated/α-hetero) is 1. The van der Waals surface area contributed by atoms with Crippen molar-refractivity contribution < 1.29 is 4.79 Å². The molecular weight excluding hydrogens is 224 g/mol. The van der Waals surface area contributed by atoms with E-state index in [1.807, 2.05) is 13.8 Å². The van der Waals surface area contributed by atoms with E-state index in [1.165, 1.54) is 16.5 Å². The molecule has 2 aromatic rings. The molecule has 1 aromatic carbocycles. The molecule has 0 radical (unpaired) electrons. The van der Waals surface area contributed by atoms with Crippen LogP contribution in [0, 0.1) is 5.92 Å². The van der Waals surface area contributed by atoms with Crippen LogP contribution in [0.25, 0.3) is 10.9 Å². The summed E-state index contributed by atoms with van der Waals surface area (Å²) in [4.78, 5) is 13.6. The lowest BCUT2D eigenvalue weighted by atomic mass is 10.1. The minimum absolute atomic E-state index is 0.102. The summed E-state index contributed by atoms with van der Waals surface area (Å²) in [7, 11) is 0. The summed E-state index contributed by atoms with van der Waals surface area (Å²) in [6.45, 7) is 6.04. The van der Waals surface area contributed by atoms with Gasteiger partial charge in [0.25, 0.3) is 0 Å². The van der Waals surface area contributed by atoms with Crippen molar-refractivity contribution >= 4 is 16.7 Å². The molecule has 0 atom stereocenters. The van der Waals surface area contributed by atoms with Crippen molar-refractivity contribution in [2.45, 2.75) is 27.2 Å². The van der Waals surface area contributed by atoms with Gasteiger partial charge in [0.05, 0.1) is 6.54 Å². The number of benzene rings is 1. The highest BCUT2D eigenvalue weighted by Crippen LogP contribution is 2.17. The number of nitrogens with two attached hydrogens (primary N) is 1. The Labute approximate surface area is 108 Å². The highest BCUT2D eigenvalue weighted by molar-refractivity contribution is 5.83. The number of H-pyrrole nitrogens is 1. The van der Waals surface area contributed by atoms with Gasteiger partial charge in [0.15, 0.2) is 0 Å². The Morgan fingerprint density at radius 3 is 2.50 bits per heavy atom. The van der Waals surface area contributed by atoms with Gasteiger partial charge in [0.1, 0.15) is 5.78 Å². The van der Waals surface area contributed by atoms with Crippen LogP contribution in [0.2, 0.25) is 0 Å². The molecule has 0 fully saturated rings. The van der Waals surface area contributed by atoms with Gasteiger partial charge in [0.2, 0.25) is 0 Å². The first-order chi connectivity index (χ1) is 8.60. The molecule has 0 unspecified atom stereocenters. The Morgan fingerprint density at radius 1 is 1.33 bits per heavy atom. The van der Waals surface area contributed by atoms with E-state index in [9.17, 15) is 4.79 Å². The van der Waals surface area contributed by atoms with Gasteiger partial charge in [-0.3, -0.25) is 4.79 Å². The quantitative estimate of drug-likeness (QED) is 0.874. The summed E-state index contributed by atoms with van der Waals surface area (Å²) in [5.41, 5.74) is 7.67. The second-order valence-corrected chi connectivity index (χ2v) is 4.54. The zero-order valence-corrected chi connectivity index (χ0v) is 11.4. The molecule has 0 aliphatic rings. The molecule has 0 bridgehead atoms. The molecule has 0 saturated heterocycles. The molecule has 1 aromatic heterocycles. The van der Waals surface area contributed by atoms with Crippen molar-refractivity contribution in [1.82, 2.24) is 4.98 Å². The van der Waals surface area contributed by atoms with Gasteiger partial charge >= 0.3 is 0 Å². The Kier molecular flexibility index (Phi) is 5.59. The summed E-state index contributed by atoms with van der Waals surface area (Å²) in [6.07, 6.45) is 3.19. The number of aromatic nitrogens is 1. The van der Waals surface area contributed by atoms with Gasteiger partial charge in [-0.25, -0.2) is 0 Å². The number of hydrogen-bond donors (Lipinski definition) is 2. The molecular formula is C15H22N2O. The molecule has 98 valence electrons. The van der Waals surface area contributed by atoms with Gasteiger partial charge in [-0.15, -0.1) is 0 Å². The van der Waals surface area contributed by atoms with Crippen LogP contribution in [0.1, 0.15) is 26.3 Å². The average molecular weight is 246 g/mol. The first kappa shape index (κ1) is 14.5. The van der Waals surface area contributed by atoms with Gasteiger partial charge in [0, 0.05) is 23.0 Å². The minimum Gasteiger partial charge on any atom is -0.361 e. The van der Waals surface area contributed by atoms with Crippen LogP contribution in [0.15, 0.2) is 30.5 Å². The molecule has 2 rings (SSSR count). The second-order valence-electron chi connectivity index (χ2n) is 4.54. The van der Waals surface area contributed by atoms with E-state index >= 15 is 0 Å². The molecule has 18 heavy (non-hydrogen) atoms. The maximum Gasteiger partial charge on any atom is 0.148 e. The zero-order chi connectivity index (χ0) is 13.5. The fourth-order valence-corrected chi connectivity index (χ4v) is 1.66. The second kappa shape index (κ2) is 6.97. The van der Waals surface area contributed by atoms with E-state index in [-0.39, 0.29) is 18.2 Å². The standard InChI is InChI=1S/C10H11N.C5H11NO/c1-2-8-7-11-10-6-4-3-5-9(8)10;1-4(2)5(7)3-6/h3-7,11H,2H2,1H3;4H,3,6H2,1-2H3. The lowest BCUT2D eigenvalue weighted by molar-refractivity contribution is -0.120. The van der Waals surface area contributed by atoms with Crippen molar-refractivity contribution in [3.05, 3.63) is 36.0 Å². The number of nitrogens with one attached hydrogen (secondary N) is 1. The highest BCUT2D eigenvalue weighted by atomic mass is 16.1. The van der Waals surface area contributed by atoms with Gasteiger partial charge in [-0.1, -0.05) is 39.0 Å². The third kappa shape index (κ3) is 3.70. The number of para-hydroxylation sites is 1. The molecule has 0 spiro atoms. The summed E-state index contributed by atoms with van der Waals surface area (Å²) in [5, 5.41) is 1.36. The smallest absolute Gasteiger partial charge is 0.148 e. The van der Waals surface area contributed by atoms with Gasteiger partial charge in [-0.2, -0.15) is 0 Å². The van der Waals surface area contributed by atoms with Gasteiger partial charge < -0.3 is 10.7 Å². The number of fused-ring (bicyclic) bond motifs is 1. The lowest BCUT2D eigenvalue weighted by Gasteiger charge is -1.96. The van der Waals surface area contributed by atoms with Crippen LogP contribution in [0.5, 0.6) is 0 Å². The van der Waals surface area contributed by atoms with Crippen LogP contribution in [-0.4, -0.2) is 17.3 Å². The SMILES string of the molecule is CC(C)C(=O)CN.CCc1c[nH]c2ccccc12. The summed E-state index contributed by atoms with van der Waals surface area (Å²) >= 11 is 0. The van der Waals surface area contributed by atoms with Crippen molar-refractivity contribution in [3.63, 3.8) is 0 Å². The van der Waals surface area contributed by atoms with Crippen molar-refractivity contribution in [3.8, 4) is 0 Å². The lowest BCUT2D eigenvalue weighted by Crippen LogP contribution is -2.18. The number of aromatic amines is 1. The van der Waals surface area contributed by atoms with E-state index < -0.39 is 0 Å². The van der Waals surface area contributed by atoms with E-state index in [4.69, 9.17) is 5.73 Å². The predicted octanol–water partition coefficient (Wildman–Crippen LogP) is 2.90. The summed E-state index contributed by atoms with van der Waals surface area (Å²) in [5.74, 6) is 0.227. The van der Waals surface area contributed by atoms with Crippen LogP contribution < -0.4 is 5.73 Å². The van der Waals surface area contributed by atoms with Crippen molar-refractivity contribution in [2.24, 2.45) is 11.7 Å². The van der Waals surface area contributed by atoms with Crippen molar-refractivity contribution in [2.75, 3.05) is 6.54 Å². The Hall–Kier alpha value is -1.61. The number of carbonyl (C=O) groups excluding carboxylic acids is 1. The average Bonchev–Trinajstić information content (AvgIpc) is 2.81. The fourth-order valence-electron chi connectivity index (χ4n) is 1.66. The van der Waals surface area contributed by atoms with E-state index in [0.29, 0.717) is 0 Å². The first-order valence-corrected chi connectivity index (χ1v) is 6.37. The largest absolute Gasteiger partial charge is 0.361 e. The number of aryl methyl sites for hydroxylation is 1. The number of hydrogen-bond acceptors (Lipinski definition) is 2. The first-order valence-electron chi connectivity index (χ1n) is 6.37. The molecule has 0 saturated carbocycles. The molecule has 0 aliphatic heterocycles. The molecule has 0 aliphatic carbocycles. The normalized spacial score (nSPS) is 10.3. The van der Waals surface area contributed by atoms with Gasteiger partial charge in [-0.05, 0) is 18.1 Å². The Bertz CT molecular complexity index is 500. The van der Waals surface area contributed by atoms with Crippen LogP contribution in [0.4, 0.5) is 0 Å². The van der Waals surface area contributed by atoms with Crippen LogP contribution in [-0.2, 0) is 11.2 Å². The molecule has 3 nitrogen and oxygen atoms in total. The maximum atomic E-state index is 10.4. The van der Waals surface area contributed by atoms with Crippen LogP contribution >= 0.6 is 0 Å². The molecule has 3 heteroatoms. The van der Waals surface area contributed by atoms with E-state index in [2.05, 4.69) is 42.4 Å². The number of ketones is 1. The molecule has 3 N–H and O–H groups in total. The molecule has 1 heterocycles. The monoisotopic (exact) mass is 246 g/mol. The number of rotatable bonds is 3. The van der Waals surface area contributed by atoms with E-state index in [0.717, 1.165) is 6.42 Å². The predicted molar refractivity (Wildman–Crippen MR) is 76.6 cm³/mol. The Morgan fingerprint density at radius 2 is 2.00 bits per heavy atom. The Balaban J connectivity index is 0.000000203. The molecule has 0 amide bonds. The highest BCUT2D eigenvalue weighted by Gasteiger charge is 2.01. The minimum atomic E-state index is 0.102. The zero-order valence-electron chi connectivity index (χ0n) is 11.4. The third-order valence-corrected chi connectivity index (χ3v) is 2.90. The van der Waals surface area contributed by atoms with Crippen LogP contribution in [0.3, 0.4) is 0 Å². The summed E-state index contributed by atoms with van der Waals surface area (Å²) in [6, 6.07) is 8.40. The third-order valence-electron chi connectivity index (χ3n) is 2.90. The van der Waals surface area contributed by atoms with Crippen molar-refractivity contribution in [1.29, 1.82) is 0 Å².